The maximum absolute atomic E-state index is 11.4. The summed E-state index contributed by atoms with van der Waals surface area (Å²) in [5, 5.41) is 11.9. The molecule has 1 saturated heterocycles. The number of carbonyl (C=O) groups is 2. The molecule has 5 heteroatoms. The summed E-state index contributed by atoms with van der Waals surface area (Å²) in [6, 6.07) is -0.522. The average molecular weight is 215 g/mol. The highest BCUT2D eigenvalue weighted by Crippen LogP contribution is 2.07. The Bertz CT molecular complexity index is 242. The van der Waals surface area contributed by atoms with Crippen LogP contribution in [0.2, 0.25) is 0 Å². The van der Waals surface area contributed by atoms with Crippen molar-refractivity contribution in [2.24, 2.45) is 0 Å². The Morgan fingerprint density at radius 3 is 3.00 bits per heavy atom. The molecule has 1 rings (SSSR count). The zero-order valence-electron chi connectivity index (χ0n) is 8.86. The van der Waals surface area contributed by atoms with Gasteiger partial charge in [-0.2, -0.15) is 0 Å². The lowest BCUT2D eigenvalue weighted by Crippen LogP contribution is -2.39. The average Bonchev–Trinajstić information content (AvgIpc) is 2.52. The number of cyclic esters (lactones) is 1. The van der Waals surface area contributed by atoms with Gasteiger partial charge >= 0.3 is 5.97 Å². The van der Waals surface area contributed by atoms with Gasteiger partial charge in [0.15, 0.2) is 0 Å². The number of hydrogen-bond donors (Lipinski definition) is 2. The summed E-state index contributed by atoms with van der Waals surface area (Å²) >= 11 is 0. The van der Waals surface area contributed by atoms with Crippen molar-refractivity contribution in [2.75, 3.05) is 6.61 Å². The van der Waals surface area contributed by atoms with Crippen LogP contribution >= 0.6 is 0 Å². The number of aliphatic hydroxyl groups excluding tert-OH is 1. The monoisotopic (exact) mass is 215 g/mol. The van der Waals surface area contributed by atoms with E-state index in [0.29, 0.717) is 19.4 Å². The van der Waals surface area contributed by atoms with Gasteiger partial charge in [-0.1, -0.05) is 13.3 Å². The predicted molar refractivity (Wildman–Crippen MR) is 53.0 cm³/mol. The Balaban J connectivity index is 2.26. The van der Waals surface area contributed by atoms with Gasteiger partial charge in [0.2, 0.25) is 5.91 Å². The van der Waals surface area contributed by atoms with Crippen LogP contribution in [0.3, 0.4) is 0 Å². The van der Waals surface area contributed by atoms with Crippen molar-refractivity contribution < 1.29 is 19.4 Å². The lowest BCUT2D eigenvalue weighted by atomic mass is 10.1. The van der Waals surface area contributed by atoms with E-state index in [4.69, 9.17) is 4.74 Å². The molecule has 0 bridgehead atoms. The Morgan fingerprint density at radius 1 is 1.73 bits per heavy atom. The van der Waals surface area contributed by atoms with Gasteiger partial charge in [-0.25, -0.2) is 4.79 Å². The van der Waals surface area contributed by atoms with Gasteiger partial charge in [0.25, 0.3) is 0 Å². The first kappa shape index (κ1) is 12.0. The molecule has 0 aromatic rings. The SMILES string of the molecule is CCC[C@H](O)CC(=O)N[C@H]1CCOC1=O. The van der Waals surface area contributed by atoms with Gasteiger partial charge in [-0.15, -0.1) is 0 Å². The van der Waals surface area contributed by atoms with E-state index in [-0.39, 0.29) is 18.3 Å². The molecular formula is C10H17NO4. The van der Waals surface area contributed by atoms with Crippen molar-refractivity contribution in [3.8, 4) is 0 Å². The van der Waals surface area contributed by atoms with E-state index >= 15 is 0 Å². The lowest BCUT2D eigenvalue weighted by Gasteiger charge is -2.11. The van der Waals surface area contributed by atoms with Crippen molar-refractivity contribution in [1.82, 2.24) is 5.32 Å². The molecule has 1 heterocycles. The number of nitrogens with one attached hydrogen (secondary N) is 1. The molecule has 0 spiro atoms. The molecule has 0 aromatic heterocycles. The molecule has 1 aliphatic rings. The smallest absolute Gasteiger partial charge is 0.328 e. The van der Waals surface area contributed by atoms with Crippen LogP contribution in [-0.4, -0.2) is 35.7 Å². The van der Waals surface area contributed by atoms with Crippen LogP contribution in [0, 0.1) is 0 Å². The molecule has 5 nitrogen and oxygen atoms in total. The highest BCUT2D eigenvalue weighted by atomic mass is 16.5. The summed E-state index contributed by atoms with van der Waals surface area (Å²) < 4.78 is 4.70. The third kappa shape index (κ3) is 3.87. The fourth-order valence-electron chi connectivity index (χ4n) is 1.53. The number of aliphatic hydroxyl groups is 1. The lowest BCUT2D eigenvalue weighted by molar-refractivity contribution is -0.141. The number of rotatable bonds is 5. The zero-order valence-corrected chi connectivity index (χ0v) is 8.86. The Hall–Kier alpha value is -1.10. The van der Waals surface area contributed by atoms with Crippen LogP contribution in [0.1, 0.15) is 32.6 Å². The van der Waals surface area contributed by atoms with Crippen LogP contribution in [0.15, 0.2) is 0 Å². The number of amides is 1. The van der Waals surface area contributed by atoms with Crippen molar-refractivity contribution in [1.29, 1.82) is 0 Å². The second-order valence-corrected chi connectivity index (χ2v) is 3.72. The maximum Gasteiger partial charge on any atom is 0.328 e. The highest BCUT2D eigenvalue weighted by Gasteiger charge is 2.28. The first-order valence-electron chi connectivity index (χ1n) is 5.27. The topological polar surface area (TPSA) is 75.6 Å². The largest absolute Gasteiger partial charge is 0.464 e. The number of ether oxygens (including phenoxy) is 1. The van der Waals surface area contributed by atoms with E-state index in [1.165, 1.54) is 0 Å². The van der Waals surface area contributed by atoms with Crippen LogP contribution in [0.5, 0.6) is 0 Å². The minimum absolute atomic E-state index is 0.0532. The second kappa shape index (κ2) is 5.70. The van der Waals surface area contributed by atoms with Gasteiger partial charge in [0.05, 0.1) is 19.1 Å². The Morgan fingerprint density at radius 2 is 2.47 bits per heavy atom. The quantitative estimate of drug-likeness (QED) is 0.631. The van der Waals surface area contributed by atoms with Crippen molar-refractivity contribution in [2.45, 2.75) is 44.8 Å². The van der Waals surface area contributed by atoms with Gasteiger partial charge in [0.1, 0.15) is 6.04 Å². The summed E-state index contributed by atoms with van der Waals surface area (Å²) in [6.07, 6.45) is 1.39. The minimum atomic E-state index is -0.618. The summed E-state index contributed by atoms with van der Waals surface area (Å²) in [7, 11) is 0. The molecule has 2 N–H and O–H groups in total. The third-order valence-electron chi connectivity index (χ3n) is 2.31. The second-order valence-electron chi connectivity index (χ2n) is 3.72. The molecular weight excluding hydrogens is 198 g/mol. The molecule has 1 fully saturated rings. The molecule has 0 saturated carbocycles. The Kier molecular flexibility index (Phi) is 4.55. The number of hydrogen-bond acceptors (Lipinski definition) is 4. The standard InChI is InChI=1S/C10H17NO4/c1-2-3-7(12)6-9(13)11-8-4-5-15-10(8)14/h7-8,12H,2-6H2,1H3,(H,11,13)/t7-,8-/m0/s1. The maximum atomic E-state index is 11.4. The van der Waals surface area contributed by atoms with Gasteiger partial charge in [-0.05, 0) is 6.42 Å². The fraction of sp³-hybridized carbons (Fsp3) is 0.800. The third-order valence-corrected chi connectivity index (χ3v) is 2.31. The normalized spacial score (nSPS) is 22.3. The van der Waals surface area contributed by atoms with E-state index in [9.17, 15) is 14.7 Å². The molecule has 2 atom stereocenters. The minimum Gasteiger partial charge on any atom is -0.464 e. The predicted octanol–water partition coefficient (Wildman–Crippen LogP) is -0.0308. The molecule has 86 valence electrons. The molecule has 15 heavy (non-hydrogen) atoms. The van der Waals surface area contributed by atoms with Crippen molar-refractivity contribution in [3.05, 3.63) is 0 Å². The fourth-order valence-corrected chi connectivity index (χ4v) is 1.53. The first-order valence-corrected chi connectivity index (χ1v) is 5.27. The molecule has 1 amide bonds. The number of esters is 1. The van der Waals surface area contributed by atoms with Crippen LogP contribution in [0.4, 0.5) is 0 Å². The summed E-state index contributed by atoms with van der Waals surface area (Å²) in [5.41, 5.74) is 0. The van der Waals surface area contributed by atoms with Gasteiger partial charge in [0, 0.05) is 6.42 Å². The first-order chi connectivity index (χ1) is 7.13. The molecule has 0 aliphatic carbocycles. The molecule has 1 aliphatic heterocycles. The highest BCUT2D eigenvalue weighted by molar-refractivity contribution is 5.85. The van der Waals surface area contributed by atoms with E-state index in [0.717, 1.165) is 6.42 Å². The van der Waals surface area contributed by atoms with Crippen LogP contribution in [-0.2, 0) is 14.3 Å². The van der Waals surface area contributed by atoms with E-state index in [2.05, 4.69) is 5.32 Å². The van der Waals surface area contributed by atoms with Crippen molar-refractivity contribution >= 4 is 11.9 Å². The van der Waals surface area contributed by atoms with Crippen molar-refractivity contribution in [3.63, 3.8) is 0 Å². The van der Waals surface area contributed by atoms with Gasteiger partial charge in [-0.3, -0.25) is 4.79 Å². The zero-order chi connectivity index (χ0) is 11.3. The van der Waals surface area contributed by atoms with E-state index < -0.39 is 12.1 Å². The van der Waals surface area contributed by atoms with Gasteiger partial charge < -0.3 is 15.2 Å². The summed E-state index contributed by atoms with van der Waals surface area (Å²) in [6.45, 7) is 2.30. The van der Waals surface area contributed by atoms with E-state index in [1.807, 2.05) is 6.92 Å². The van der Waals surface area contributed by atoms with E-state index in [1.54, 1.807) is 0 Å². The molecule has 0 unspecified atom stereocenters. The number of carbonyl (C=O) groups excluding carboxylic acids is 2. The Labute approximate surface area is 88.8 Å². The molecule has 0 aromatic carbocycles. The van der Waals surface area contributed by atoms with Crippen LogP contribution < -0.4 is 5.32 Å². The molecule has 0 radical (unpaired) electrons. The van der Waals surface area contributed by atoms with Crippen LogP contribution in [0.25, 0.3) is 0 Å². The summed E-state index contributed by atoms with van der Waals surface area (Å²) in [4.78, 5) is 22.4. The summed E-state index contributed by atoms with van der Waals surface area (Å²) in [5.74, 6) is -0.673.